The third-order valence-electron chi connectivity index (χ3n) is 3.46. The van der Waals surface area contributed by atoms with Crippen LogP contribution >= 0.6 is 35.6 Å². The van der Waals surface area contributed by atoms with Crippen LogP contribution in [0, 0.1) is 5.92 Å². The predicted molar refractivity (Wildman–Crippen MR) is 87.6 cm³/mol. The zero-order chi connectivity index (χ0) is 14.5. The summed E-state index contributed by atoms with van der Waals surface area (Å²) in [5.41, 5.74) is 5.36. The minimum absolute atomic E-state index is 0. The minimum atomic E-state index is 0. The molecule has 1 fully saturated rings. The molecule has 7 heteroatoms. The van der Waals surface area contributed by atoms with Crippen molar-refractivity contribution in [3.05, 3.63) is 28.2 Å². The van der Waals surface area contributed by atoms with Crippen molar-refractivity contribution in [1.29, 1.82) is 0 Å². The number of halogens is 3. The molecule has 0 saturated carbocycles. The normalized spacial score (nSPS) is 15.5. The van der Waals surface area contributed by atoms with Gasteiger partial charge in [-0.3, -0.25) is 4.79 Å². The highest BCUT2D eigenvalue weighted by Crippen LogP contribution is 2.25. The van der Waals surface area contributed by atoms with Gasteiger partial charge < -0.3 is 15.4 Å². The van der Waals surface area contributed by atoms with Crippen LogP contribution in [0.5, 0.6) is 5.75 Å². The van der Waals surface area contributed by atoms with Gasteiger partial charge in [-0.2, -0.15) is 0 Å². The first kappa shape index (κ1) is 18.4. The lowest BCUT2D eigenvalue weighted by Gasteiger charge is -2.31. The molecule has 0 bridgehead atoms. The predicted octanol–water partition coefficient (Wildman–Crippen LogP) is 2.99. The quantitative estimate of drug-likeness (QED) is 0.905. The van der Waals surface area contributed by atoms with Crippen molar-refractivity contribution < 1.29 is 9.53 Å². The molecule has 1 heterocycles. The van der Waals surface area contributed by atoms with Gasteiger partial charge in [-0.25, -0.2) is 0 Å². The summed E-state index contributed by atoms with van der Waals surface area (Å²) >= 11 is 11.8. The molecule has 0 atom stereocenters. The number of ether oxygens (including phenoxy) is 1. The lowest BCUT2D eigenvalue weighted by atomic mass is 9.98. The molecule has 4 nitrogen and oxygen atoms in total. The maximum Gasteiger partial charge on any atom is 0.236 e. The summed E-state index contributed by atoms with van der Waals surface area (Å²) in [6, 6.07) is 5.17. The zero-order valence-corrected chi connectivity index (χ0v) is 13.9. The molecule has 0 spiro atoms. The molecule has 1 saturated heterocycles. The van der Waals surface area contributed by atoms with E-state index in [1.165, 1.54) is 0 Å². The van der Waals surface area contributed by atoms with Crippen LogP contribution in [0.15, 0.2) is 18.2 Å². The van der Waals surface area contributed by atoms with Crippen molar-refractivity contribution in [3.63, 3.8) is 0 Å². The van der Waals surface area contributed by atoms with Crippen molar-refractivity contribution in [1.82, 2.24) is 4.90 Å². The largest absolute Gasteiger partial charge is 0.493 e. The van der Waals surface area contributed by atoms with Gasteiger partial charge in [0.1, 0.15) is 5.75 Å². The van der Waals surface area contributed by atoms with E-state index in [1.54, 1.807) is 18.2 Å². The van der Waals surface area contributed by atoms with Crippen LogP contribution in [-0.4, -0.2) is 37.0 Å². The number of likely N-dealkylation sites (tertiary alicyclic amines) is 1. The molecule has 1 aromatic carbocycles. The Labute approximate surface area is 140 Å². The van der Waals surface area contributed by atoms with E-state index in [4.69, 9.17) is 33.7 Å². The van der Waals surface area contributed by atoms with E-state index in [0.717, 1.165) is 25.9 Å². The van der Waals surface area contributed by atoms with Gasteiger partial charge in [0.15, 0.2) is 0 Å². The zero-order valence-electron chi connectivity index (χ0n) is 11.6. The standard InChI is InChI=1S/C14H18Cl2N2O2.ClH/c15-11-5-12(16)7-13(6-11)20-9-10-1-3-18(4-2-10)14(19)8-17;/h5-7,10H,1-4,8-9,17H2;1H. The van der Waals surface area contributed by atoms with E-state index in [1.807, 2.05) is 4.90 Å². The molecular formula is C14H19Cl3N2O2. The average molecular weight is 354 g/mol. The maximum atomic E-state index is 11.5. The molecule has 2 rings (SSSR count). The van der Waals surface area contributed by atoms with Crippen molar-refractivity contribution >= 4 is 41.5 Å². The lowest BCUT2D eigenvalue weighted by molar-refractivity contribution is -0.131. The number of benzene rings is 1. The first-order chi connectivity index (χ1) is 9.58. The fraction of sp³-hybridized carbons (Fsp3) is 0.500. The van der Waals surface area contributed by atoms with E-state index in [9.17, 15) is 4.79 Å². The summed E-state index contributed by atoms with van der Waals surface area (Å²) in [4.78, 5) is 13.3. The Morgan fingerprint density at radius 3 is 2.33 bits per heavy atom. The van der Waals surface area contributed by atoms with Gasteiger partial charge in [0.25, 0.3) is 0 Å². The number of carbonyl (C=O) groups is 1. The van der Waals surface area contributed by atoms with Crippen LogP contribution < -0.4 is 10.5 Å². The monoisotopic (exact) mass is 352 g/mol. The van der Waals surface area contributed by atoms with Gasteiger partial charge in [-0.05, 0) is 37.0 Å². The van der Waals surface area contributed by atoms with Crippen LogP contribution in [0.1, 0.15) is 12.8 Å². The number of rotatable bonds is 4. The molecule has 1 aliphatic heterocycles. The fourth-order valence-corrected chi connectivity index (χ4v) is 2.81. The minimum Gasteiger partial charge on any atom is -0.493 e. The van der Waals surface area contributed by atoms with Gasteiger partial charge in [-0.1, -0.05) is 23.2 Å². The summed E-state index contributed by atoms with van der Waals surface area (Å²) < 4.78 is 5.73. The van der Waals surface area contributed by atoms with Crippen molar-refractivity contribution in [2.75, 3.05) is 26.2 Å². The van der Waals surface area contributed by atoms with Gasteiger partial charge in [0.2, 0.25) is 5.91 Å². The second-order valence-corrected chi connectivity index (χ2v) is 5.82. The summed E-state index contributed by atoms with van der Waals surface area (Å²) in [5, 5.41) is 1.13. The Morgan fingerprint density at radius 1 is 1.24 bits per heavy atom. The Morgan fingerprint density at radius 2 is 1.81 bits per heavy atom. The number of nitrogens with two attached hydrogens (primary N) is 1. The third kappa shape index (κ3) is 5.55. The number of hydrogen-bond donors (Lipinski definition) is 1. The number of piperidine rings is 1. The van der Waals surface area contributed by atoms with Crippen LogP contribution in [0.25, 0.3) is 0 Å². The summed E-state index contributed by atoms with van der Waals surface area (Å²) in [5.74, 6) is 1.14. The molecule has 0 aromatic heterocycles. The Balaban J connectivity index is 0.00000220. The van der Waals surface area contributed by atoms with Crippen LogP contribution in [-0.2, 0) is 4.79 Å². The molecule has 118 valence electrons. The van der Waals surface area contributed by atoms with E-state index >= 15 is 0 Å². The highest BCUT2D eigenvalue weighted by molar-refractivity contribution is 6.34. The Bertz CT molecular complexity index is 457. The first-order valence-corrected chi connectivity index (χ1v) is 7.41. The Hall–Kier alpha value is -0.680. The molecule has 2 N–H and O–H groups in total. The molecule has 0 unspecified atom stereocenters. The number of amides is 1. The van der Waals surface area contributed by atoms with E-state index in [2.05, 4.69) is 0 Å². The smallest absolute Gasteiger partial charge is 0.236 e. The van der Waals surface area contributed by atoms with Gasteiger partial charge in [-0.15, -0.1) is 12.4 Å². The fourth-order valence-electron chi connectivity index (χ4n) is 2.30. The second-order valence-electron chi connectivity index (χ2n) is 4.94. The van der Waals surface area contributed by atoms with E-state index in [-0.39, 0.29) is 24.9 Å². The number of nitrogens with zero attached hydrogens (tertiary/aromatic N) is 1. The van der Waals surface area contributed by atoms with Crippen molar-refractivity contribution in [2.45, 2.75) is 12.8 Å². The summed E-state index contributed by atoms with van der Waals surface area (Å²) in [6.45, 7) is 2.20. The average Bonchev–Trinajstić information content (AvgIpc) is 2.44. The molecule has 21 heavy (non-hydrogen) atoms. The van der Waals surface area contributed by atoms with Gasteiger partial charge in [0.05, 0.1) is 13.2 Å². The second kappa shape index (κ2) is 8.69. The summed E-state index contributed by atoms with van der Waals surface area (Å²) in [6.07, 6.45) is 1.86. The van der Waals surface area contributed by atoms with Crippen LogP contribution in [0.2, 0.25) is 10.0 Å². The summed E-state index contributed by atoms with van der Waals surface area (Å²) in [7, 11) is 0. The van der Waals surface area contributed by atoms with Crippen LogP contribution in [0.3, 0.4) is 0 Å². The highest BCUT2D eigenvalue weighted by atomic mass is 35.5. The van der Waals surface area contributed by atoms with Crippen molar-refractivity contribution in [2.24, 2.45) is 11.7 Å². The van der Waals surface area contributed by atoms with E-state index in [0.29, 0.717) is 28.3 Å². The molecular weight excluding hydrogens is 335 g/mol. The number of hydrogen-bond acceptors (Lipinski definition) is 3. The maximum absolute atomic E-state index is 11.5. The highest BCUT2D eigenvalue weighted by Gasteiger charge is 2.22. The molecule has 1 amide bonds. The lowest BCUT2D eigenvalue weighted by Crippen LogP contribution is -2.42. The third-order valence-corrected chi connectivity index (χ3v) is 3.90. The Kier molecular flexibility index (Phi) is 7.60. The molecule has 0 radical (unpaired) electrons. The SMILES string of the molecule is Cl.NCC(=O)N1CCC(COc2cc(Cl)cc(Cl)c2)CC1. The molecule has 1 aliphatic rings. The molecule has 0 aliphatic carbocycles. The van der Waals surface area contributed by atoms with Crippen LogP contribution in [0.4, 0.5) is 0 Å². The topological polar surface area (TPSA) is 55.6 Å². The first-order valence-electron chi connectivity index (χ1n) is 6.65. The molecule has 1 aromatic rings. The number of carbonyl (C=O) groups excluding carboxylic acids is 1. The van der Waals surface area contributed by atoms with Gasteiger partial charge >= 0.3 is 0 Å². The van der Waals surface area contributed by atoms with E-state index < -0.39 is 0 Å². The van der Waals surface area contributed by atoms with Crippen molar-refractivity contribution in [3.8, 4) is 5.75 Å². The van der Waals surface area contributed by atoms with Gasteiger partial charge in [0, 0.05) is 23.1 Å².